The summed E-state index contributed by atoms with van der Waals surface area (Å²) in [5.41, 5.74) is 7.63. The molecule has 0 aliphatic heterocycles. The Balaban J connectivity index is 2.21. The van der Waals surface area contributed by atoms with Crippen molar-refractivity contribution in [2.24, 2.45) is 17.0 Å². The molecule has 0 saturated heterocycles. The van der Waals surface area contributed by atoms with Crippen LogP contribution in [0.25, 0.3) is 10.4 Å². The summed E-state index contributed by atoms with van der Waals surface area (Å²) >= 11 is 0. The molecule has 0 heterocycles. The second kappa shape index (κ2) is 3.99. The molecule has 13 heavy (non-hydrogen) atoms. The highest BCUT2D eigenvalue weighted by Gasteiger charge is 2.43. The van der Waals surface area contributed by atoms with Gasteiger partial charge in [0, 0.05) is 11.5 Å². The summed E-state index contributed by atoms with van der Waals surface area (Å²) in [4.78, 5) is 2.70. The van der Waals surface area contributed by atoms with E-state index in [4.69, 9.17) is 5.53 Å². The summed E-state index contributed by atoms with van der Waals surface area (Å²) in [5.74, 6) is 0.890. The van der Waals surface area contributed by atoms with E-state index in [2.05, 4.69) is 10.0 Å². The van der Waals surface area contributed by atoms with Crippen LogP contribution >= 0.6 is 0 Å². The van der Waals surface area contributed by atoms with E-state index in [1.54, 1.807) is 0 Å². The number of hydrogen-bond acceptors (Lipinski definition) is 2. The number of aliphatic hydroxyl groups is 1. The van der Waals surface area contributed by atoms with E-state index in [1.165, 1.54) is 0 Å². The Hall–Kier alpha value is -0.730. The minimum Gasteiger partial charge on any atom is -0.390 e. The Labute approximate surface area is 78.6 Å². The van der Waals surface area contributed by atoms with Gasteiger partial charge in [0.05, 0.1) is 5.60 Å². The first-order valence-corrected chi connectivity index (χ1v) is 4.82. The van der Waals surface area contributed by atoms with Crippen LogP contribution in [0.3, 0.4) is 0 Å². The lowest BCUT2D eigenvalue weighted by molar-refractivity contribution is -0.109. The van der Waals surface area contributed by atoms with Crippen LogP contribution < -0.4 is 0 Å². The Morgan fingerprint density at radius 1 is 1.62 bits per heavy atom. The van der Waals surface area contributed by atoms with Gasteiger partial charge >= 0.3 is 0 Å². The molecule has 1 aliphatic rings. The molecule has 1 aliphatic carbocycles. The molecule has 0 unspecified atom stereocenters. The van der Waals surface area contributed by atoms with Gasteiger partial charge in [-0.3, -0.25) is 0 Å². The van der Waals surface area contributed by atoms with Crippen molar-refractivity contribution < 1.29 is 5.11 Å². The van der Waals surface area contributed by atoms with Crippen molar-refractivity contribution in [3.05, 3.63) is 10.4 Å². The summed E-state index contributed by atoms with van der Waals surface area (Å²) in [6.07, 6.45) is 2.65. The monoisotopic (exact) mass is 183 g/mol. The van der Waals surface area contributed by atoms with Gasteiger partial charge in [-0.15, -0.1) is 0 Å². The third kappa shape index (κ3) is 2.36. The zero-order valence-corrected chi connectivity index (χ0v) is 8.27. The lowest BCUT2D eigenvalue weighted by atomic mass is 9.64. The van der Waals surface area contributed by atoms with Gasteiger partial charge in [-0.05, 0) is 36.6 Å². The molecule has 4 heteroatoms. The Morgan fingerprint density at radius 2 is 2.23 bits per heavy atom. The van der Waals surface area contributed by atoms with E-state index in [0.717, 1.165) is 19.3 Å². The second-order valence-electron chi connectivity index (χ2n) is 4.28. The van der Waals surface area contributed by atoms with Gasteiger partial charge in [0.15, 0.2) is 0 Å². The average molecular weight is 183 g/mol. The summed E-state index contributed by atoms with van der Waals surface area (Å²) < 4.78 is 0. The zero-order chi connectivity index (χ0) is 9.90. The Morgan fingerprint density at radius 3 is 2.69 bits per heavy atom. The minimum atomic E-state index is -0.443. The second-order valence-corrected chi connectivity index (χ2v) is 4.28. The van der Waals surface area contributed by atoms with Crippen molar-refractivity contribution >= 4 is 0 Å². The Bertz CT molecular complexity index is 215. The smallest absolute Gasteiger partial charge is 0.0675 e. The molecule has 74 valence electrons. The van der Waals surface area contributed by atoms with E-state index in [0.29, 0.717) is 18.4 Å². The van der Waals surface area contributed by atoms with Gasteiger partial charge in [-0.1, -0.05) is 19.0 Å². The topological polar surface area (TPSA) is 69.0 Å². The van der Waals surface area contributed by atoms with Crippen LogP contribution in [0.15, 0.2) is 5.11 Å². The maximum atomic E-state index is 9.91. The van der Waals surface area contributed by atoms with E-state index < -0.39 is 5.60 Å². The van der Waals surface area contributed by atoms with Crippen molar-refractivity contribution in [3.8, 4) is 0 Å². The molecule has 0 aromatic rings. The van der Waals surface area contributed by atoms with Crippen molar-refractivity contribution in [1.82, 2.24) is 0 Å². The summed E-state index contributed by atoms with van der Waals surface area (Å²) in [5, 5.41) is 13.4. The lowest BCUT2D eigenvalue weighted by Gasteiger charge is -2.46. The molecule has 0 amide bonds. The fourth-order valence-electron chi connectivity index (χ4n) is 1.90. The van der Waals surface area contributed by atoms with Gasteiger partial charge in [0.1, 0.15) is 0 Å². The normalized spacial score (nSPS) is 32.5. The van der Waals surface area contributed by atoms with Crippen LogP contribution in [0.4, 0.5) is 0 Å². The SMILES string of the molecule is CC(C)C1(O)CC(CCN=[N+]=[N-])C1. The molecular formula is C9H17N3O. The predicted octanol–water partition coefficient (Wildman–Crippen LogP) is 2.48. The zero-order valence-electron chi connectivity index (χ0n) is 8.27. The number of rotatable bonds is 4. The molecule has 0 spiro atoms. The molecule has 0 aromatic carbocycles. The van der Waals surface area contributed by atoms with Crippen LogP contribution in [0.1, 0.15) is 33.1 Å². The first kappa shape index (κ1) is 10.4. The summed E-state index contributed by atoms with van der Waals surface area (Å²) in [6, 6.07) is 0. The quantitative estimate of drug-likeness (QED) is 0.406. The van der Waals surface area contributed by atoms with Crippen LogP contribution in [-0.4, -0.2) is 17.3 Å². The highest BCUT2D eigenvalue weighted by molar-refractivity contribution is 4.96. The molecular weight excluding hydrogens is 166 g/mol. The fraction of sp³-hybridized carbons (Fsp3) is 1.00. The van der Waals surface area contributed by atoms with Gasteiger partial charge in [-0.25, -0.2) is 0 Å². The van der Waals surface area contributed by atoms with Gasteiger partial charge in [0.25, 0.3) is 0 Å². The molecule has 1 saturated carbocycles. The molecule has 4 nitrogen and oxygen atoms in total. The first-order chi connectivity index (χ1) is 6.08. The largest absolute Gasteiger partial charge is 0.390 e. The predicted molar refractivity (Wildman–Crippen MR) is 51.1 cm³/mol. The summed E-state index contributed by atoms with van der Waals surface area (Å²) in [6.45, 7) is 4.66. The van der Waals surface area contributed by atoms with E-state index in [9.17, 15) is 5.11 Å². The number of hydrogen-bond donors (Lipinski definition) is 1. The average Bonchev–Trinajstić information content (AvgIpc) is 2.01. The minimum absolute atomic E-state index is 0.336. The molecule has 1 rings (SSSR count). The molecule has 0 aromatic heterocycles. The molecule has 0 bridgehead atoms. The van der Waals surface area contributed by atoms with Gasteiger partial charge in [-0.2, -0.15) is 0 Å². The number of azide groups is 1. The van der Waals surface area contributed by atoms with Crippen molar-refractivity contribution in [1.29, 1.82) is 0 Å². The van der Waals surface area contributed by atoms with Crippen LogP contribution in [0.5, 0.6) is 0 Å². The fourth-order valence-corrected chi connectivity index (χ4v) is 1.90. The molecule has 0 radical (unpaired) electrons. The lowest BCUT2D eigenvalue weighted by Crippen LogP contribution is -2.48. The van der Waals surface area contributed by atoms with E-state index >= 15 is 0 Å². The maximum Gasteiger partial charge on any atom is 0.0675 e. The third-order valence-electron chi connectivity index (χ3n) is 3.06. The van der Waals surface area contributed by atoms with Crippen molar-refractivity contribution in [3.63, 3.8) is 0 Å². The Kier molecular flexibility index (Phi) is 3.17. The van der Waals surface area contributed by atoms with Gasteiger partial charge in [0.2, 0.25) is 0 Å². The van der Waals surface area contributed by atoms with Crippen molar-refractivity contribution in [2.75, 3.05) is 6.54 Å². The molecule has 0 atom stereocenters. The maximum absolute atomic E-state index is 9.91. The van der Waals surface area contributed by atoms with Gasteiger partial charge < -0.3 is 5.11 Å². The van der Waals surface area contributed by atoms with E-state index in [-0.39, 0.29) is 0 Å². The number of nitrogens with zero attached hydrogens (tertiary/aromatic N) is 3. The molecule has 1 fully saturated rings. The van der Waals surface area contributed by atoms with Crippen LogP contribution in [-0.2, 0) is 0 Å². The van der Waals surface area contributed by atoms with Crippen LogP contribution in [0, 0.1) is 11.8 Å². The van der Waals surface area contributed by atoms with E-state index in [1.807, 2.05) is 13.8 Å². The standard InChI is InChI=1S/C9H17N3O/c1-7(2)9(13)5-8(6-9)3-4-11-12-10/h7-8,13H,3-6H2,1-2H3. The van der Waals surface area contributed by atoms with Crippen LogP contribution in [0.2, 0.25) is 0 Å². The molecule has 1 N–H and O–H groups in total. The first-order valence-electron chi connectivity index (χ1n) is 4.82. The highest BCUT2D eigenvalue weighted by Crippen LogP contribution is 2.44. The highest BCUT2D eigenvalue weighted by atomic mass is 16.3. The van der Waals surface area contributed by atoms with Crippen molar-refractivity contribution in [2.45, 2.75) is 38.7 Å². The summed E-state index contributed by atoms with van der Waals surface area (Å²) in [7, 11) is 0. The third-order valence-corrected chi connectivity index (χ3v) is 3.06.